The van der Waals surface area contributed by atoms with Gasteiger partial charge in [0.25, 0.3) is 0 Å². The predicted octanol–water partition coefficient (Wildman–Crippen LogP) is 15.5. The van der Waals surface area contributed by atoms with Crippen molar-refractivity contribution < 1.29 is 99.5 Å². The molecule has 13 aliphatic heterocycles. The SMILES string of the molecule is O=C(NCc1ccc2c(c1)OCO2)C1CCCN1Cc1ccc2c(c1)OCO2.c1cc2c(cc1CN1CC3CC1CN3Cc1ccc3c(c1)OCO3)OCO2.c1cc2c(cc1CNC1CCC(NCc3ccc4c(c3)OCO4)CC1)OCO2.c1cc2c(cc1CNCC1CCCC(CNCc3ccc4c(c3)OCO4)C1)OCO2.c1cc2c(cc1CN[C@H]1CCCC[C@@H]1NCc1ccc3c(c1)OCO3)OCO2. The standard InChI is InChI=1S/C24H30N2O4.2C22H26N2O4.C21H22N2O5.C21H22N2O4/c1-2-17(11-25-13-19-4-6-21-23(9-19)29-15-27-21)8-18(3-1)12-26-14-20-5-7-22-24(10-20)30-16-28-22;1-7-19-21(27-13-25-19)9-15(1)11-23-17-3-5-18(6-4-17)24-12-16-2-8-20-22(10-16)28-14-26-20;1-2-4-18(24-12-16-6-8-20-22(10-16)28-14-26-20)17(3-1)23-11-15-5-7-19-21(9-15)27-13-25-19;24-21(22-10-14-3-5-17-19(8-14)27-12-25-17)16-2-1-7-23(16)11-15-4-6-18-20(9-15)28-13-26-18;1-3-18-20(26-12-24-18)5-14(1)8-22-10-17-7-16(22)11-23(17)9-15-2-4-19-21(6-15)27-13-25-19/h4-7,9-10,17-18,25-26H,1-3,8,11-16H2;1-2,7-10,17-18,23-24H,3-6,11-14H2;5-10,17-18,23-24H,1-4,11-14H2;3-6,8-9,16H,1-2,7,10-13H2,(H,22,24);1-6,16-17H,7-13H2/t;;17-,18-;;/m..0../s1. The molecule has 3 aliphatic carbocycles. The topological polar surface area (TPSA) is 296 Å². The van der Waals surface area contributed by atoms with Crippen molar-refractivity contribution in [2.45, 2.75) is 204 Å². The average Bonchev–Trinajstić information content (AvgIpc) is 1.63. The molecule has 31 heteroatoms. The van der Waals surface area contributed by atoms with Gasteiger partial charge < -0.3 is 132 Å². The highest BCUT2D eigenvalue weighted by atomic mass is 16.7. The predicted molar refractivity (Wildman–Crippen MR) is 522 cm³/mol. The molecule has 1 amide bonds. The van der Waals surface area contributed by atoms with Gasteiger partial charge in [-0.1, -0.05) is 79.9 Å². The highest BCUT2D eigenvalue weighted by Gasteiger charge is 2.44. The lowest BCUT2D eigenvalue weighted by molar-refractivity contribution is -0.125. The zero-order valence-electron chi connectivity index (χ0n) is 79.7. The van der Waals surface area contributed by atoms with Crippen LogP contribution in [-0.2, 0) is 70.2 Å². The number of amides is 1. The quantitative estimate of drug-likeness (QED) is 0.0229. The van der Waals surface area contributed by atoms with E-state index < -0.39 is 0 Å². The summed E-state index contributed by atoms with van der Waals surface area (Å²) in [5.74, 6) is 18.3. The molecule has 31 nitrogen and oxygen atoms in total. The fourth-order valence-corrected chi connectivity index (χ4v) is 21.8. The summed E-state index contributed by atoms with van der Waals surface area (Å²) < 4.78 is 109. The number of benzene rings is 10. The van der Waals surface area contributed by atoms with Gasteiger partial charge in [-0.15, -0.1) is 0 Å². The molecule has 10 aromatic rings. The number of rotatable bonds is 29. The lowest BCUT2D eigenvalue weighted by atomic mass is 9.81. The van der Waals surface area contributed by atoms with Crippen molar-refractivity contribution >= 4 is 5.91 Å². The molecule has 10 aromatic carbocycles. The molecule has 0 radical (unpaired) electrons. The van der Waals surface area contributed by atoms with E-state index in [0.717, 1.165) is 242 Å². The van der Waals surface area contributed by atoms with E-state index >= 15 is 0 Å². The van der Waals surface area contributed by atoms with Crippen molar-refractivity contribution in [1.29, 1.82) is 0 Å². The first-order chi connectivity index (χ1) is 69.6. The molecule has 2 bridgehead atoms. The smallest absolute Gasteiger partial charge is 0.237 e. The molecule has 0 aromatic heterocycles. The Kier molecular flexibility index (Phi) is 29.5. The van der Waals surface area contributed by atoms with E-state index in [0.29, 0.717) is 97.1 Å². The van der Waals surface area contributed by atoms with Crippen LogP contribution in [0.5, 0.6) is 115 Å². The van der Waals surface area contributed by atoms with Crippen molar-refractivity contribution in [2.75, 3.05) is 101 Å². The monoisotopic (exact) mass is 1920 g/mol. The Morgan fingerprint density at radius 2 is 0.511 bits per heavy atom. The van der Waals surface area contributed by atoms with E-state index in [-0.39, 0.29) is 25.5 Å². The van der Waals surface area contributed by atoms with E-state index in [1.54, 1.807) is 0 Å². The molecular formula is C110H126N10O21. The van der Waals surface area contributed by atoms with Gasteiger partial charge in [0.15, 0.2) is 115 Å². The molecule has 7 atom stereocenters. The fraction of sp³-hybridized carbons (Fsp3) is 0.445. The van der Waals surface area contributed by atoms with E-state index in [2.05, 4.69) is 149 Å². The molecule has 742 valence electrons. The summed E-state index contributed by atoms with van der Waals surface area (Å²) in [6.07, 6.45) is 18.2. The number of hydrogen-bond donors (Lipinski definition) is 7. The highest BCUT2D eigenvalue weighted by molar-refractivity contribution is 5.82. The van der Waals surface area contributed by atoms with Gasteiger partial charge in [0.1, 0.15) is 0 Å². The normalized spacial score (nSPS) is 22.3. The van der Waals surface area contributed by atoms with Gasteiger partial charge >= 0.3 is 0 Å². The number of likely N-dealkylation sites (tertiary alicyclic amines) is 3. The summed E-state index contributed by atoms with van der Waals surface area (Å²) in [6, 6.07) is 64.7. The van der Waals surface area contributed by atoms with Crippen LogP contribution in [-0.4, -0.2) is 164 Å². The molecule has 5 unspecified atom stereocenters. The van der Waals surface area contributed by atoms with E-state index in [9.17, 15) is 4.79 Å². The molecule has 7 N–H and O–H groups in total. The number of hydrogen-bond acceptors (Lipinski definition) is 30. The van der Waals surface area contributed by atoms with Gasteiger partial charge in [-0.2, -0.15) is 0 Å². The second kappa shape index (κ2) is 44.6. The summed E-state index contributed by atoms with van der Waals surface area (Å²) >= 11 is 0. The van der Waals surface area contributed by atoms with Crippen LogP contribution in [0.3, 0.4) is 0 Å². The molecule has 13 heterocycles. The van der Waals surface area contributed by atoms with E-state index in [4.69, 9.17) is 94.7 Å². The fourth-order valence-electron chi connectivity index (χ4n) is 21.8. The summed E-state index contributed by atoms with van der Waals surface area (Å²) in [5.41, 5.74) is 12.2. The second-order valence-corrected chi connectivity index (χ2v) is 38.9. The van der Waals surface area contributed by atoms with Gasteiger partial charge in [0.2, 0.25) is 73.8 Å². The number of carbonyl (C=O) groups is 1. The third kappa shape index (κ3) is 23.6. The second-order valence-electron chi connectivity index (χ2n) is 38.9. The summed E-state index contributed by atoms with van der Waals surface area (Å²) in [5, 5.41) is 25.3. The van der Waals surface area contributed by atoms with Gasteiger partial charge in [-0.05, 0) is 285 Å². The van der Waals surface area contributed by atoms with Crippen LogP contribution < -0.4 is 132 Å². The number of nitrogens with one attached hydrogen (secondary N) is 7. The third-order valence-corrected chi connectivity index (χ3v) is 29.4. The number of fused-ring (bicyclic) bond motifs is 12. The van der Waals surface area contributed by atoms with Crippen LogP contribution in [0.15, 0.2) is 182 Å². The Bertz CT molecular complexity index is 5710. The Hall–Kier alpha value is -12.7. The molecule has 141 heavy (non-hydrogen) atoms. The minimum absolute atomic E-state index is 0.0657. The molecule has 3 saturated carbocycles. The number of piperazine rings is 1. The molecule has 0 spiro atoms. The third-order valence-electron chi connectivity index (χ3n) is 29.4. The number of ether oxygens (including phenoxy) is 20. The lowest BCUT2D eigenvalue weighted by Crippen LogP contribution is -2.49. The van der Waals surface area contributed by atoms with Crippen molar-refractivity contribution in [1.82, 2.24) is 51.9 Å². The Labute approximate surface area is 822 Å². The van der Waals surface area contributed by atoms with Gasteiger partial charge in [-0.3, -0.25) is 19.5 Å². The van der Waals surface area contributed by atoms with Crippen LogP contribution in [0.4, 0.5) is 0 Å². The first-order valence-corrected chi connectivity index (χ1v) is 50.3. The maximum absolute atomic E-state index is 12.8. The maximum Gasteiger partial charge on any atom is 0.237 e. The molecule has 3 saturated heterocycles. The minimum atomic E-state index is -0.112. The molecular weight excluding hydrogens is 1800 g/mol. The van der Waals surface area contributed by atoms with Gasteiger partial charge in [-0.25, -0.2) is 0 Å². The van der Waals surface area contributed by atoms with Crippen LogP contribution in [0.25, 0.3) is 0 Å². The maximum atomic E-state index is 12.8. The molecule has 16 aliphatic rings. The first-order valence-electron chi connectivity index (χ1n) is 50.3. The molecule has 26 rings (SSSR count). The lowest BCUT2D eigenvalue weighted by Gasteiger charge is -2.34. The average molecular weight is 1920 g/mol. The number of nitrogens with zero attached hydrogens (tertiary/aromatic N) is 3. The van der Waals surface area contributed by atoms with E-state index in [1.165, 1.54) is 128 Å². The largest absolute Gasteiger partial charge is 0.454 e. The van der Waals surface area contributed by atoms with Crippen molar-refractivity contribution in [3.8, 4) is 115 Å². The Morgan fingerprint density at radius 3 is 0.816 bits per heavy atom. The minimum Gasteiger partial charge on any atom is -0.454 e. The molecule has 6 fully saturated rings. The highest BCUT2D eigenvalue weighted by Crippen LogP contribution is 2.44. The van der Waals surface area contributed by atoms with E-state index in [1.807, 2.05) is 84.9 Å². The zero-order chi connectivity index (χ0) is 94.4. The zero-order valence-corrected chi connectivity index (χ0v) is 79.7. The Balaban J connectivity index is 0.000000101. The first kappa shape index (κ1) is 93.3. The van der Waals surface area contributed by atoms with Crippen LogP contribution >= 0.6 is 0 Å². The summed E-state index contributed by atoms with van der Waals surface area (Å²) in [6.45, 7) is 16.8. The van der Waals surface area contributed by atoms with Gasteiger partial charge in [0.05, 0.1) is 6.04 Å². The summed E-state index contributed by atoms with van der Waals surface area (Å²) in [4.78, 5) is 20.2. The summed E-state index contributed by atoms with van der Waals surface area (Å²) in [7, 11) is 0. The van der Waals surface area contributed by atoms with Crippen molar-refractivity contribution in [2.24, 2.45) is 11.8 Å². The Morgan fingerprint density at radius 1 is 0.248 bits per heavy atom. The van der Waals surface area contributed by atoms with Gasteiger partial charge in [0, 0.05) is 115 Å². The number of carbonyl (C=O) groups excluding carboxylic acids is 1. The van der Waals surface area contributed by atoms with Crippen LogP contribution in [0.2, 0.25) is 0 Å². The van der Waals surface area contributed by atoms with Crippen molar-refractivity contribution in [3.63, 3.8) is 0 Å². The van der Waals surface area contributed by atoms with Crippen LogP contribution in [0, 0.1) is 11.8 Å². The van der Waals surface area contributed by atoms with Crippen LogP contribution in [0.1, 0.15) is 152 Å². The van der Waals surface area contributed by atoms with Crippen molar-refractivity contribution in [3.05, 3.63) is 238 Å².